The molecule has 164 valence electrons. The lowest BCUT2D eigenvalue weighted by Crippen LogP contribution is -2.21. The Bertz CT molecular complexity index is 1060. The normalized spacial score (nSPS) is 12.4. The van der Waals surface area contributed by atoms with Crippen LogP contribution in [0, 0.1) is 13.8 Å². The van der Waals surface area contributed by atoms with Crippen LogP contribution in [0.2, 0.25) is 0 Å². The number of aryl methyl sites for hydroxylation is 2. The van der Waals surface area contributed by atoms with Crippen molar-refractivity contribution >= 4 is 17.5 Å². The summed E-state index contributed by atoms with van der Waals surface area (Å²) in [4.78, 5) is 8.84. The SMILES string of the molecule is Cc1ccc(C)c(Nc2cc(-c3cccc(OC(F)(F)F)c3)nc(N[C@@H](C)CO)n2)c1. The molecule has 31 heavy (non-hydrogen) atoms. The number of benzene rings is 2. The van der Waals surface area contributed by atoms with Crippen molar-refractivity contribution in [2.75, 3.05) is 17.2 Å². The van der Waals surface area contributed by atoms with Gasteiger partial charge in [0.15, 0.2) is 0 Å². The van der Waals surface area contributed by atoms with Crippen molar-refractivity contribution in [3.05, 3.63) is 59.7 Å². The molecule has 3 aromatic rings. The lowest BCUT2D eigenvalue weighted by atomic mass is 10.1. The second-order valence-corrected chi connectivity index (χ2v) is 7.21. The smallest absolute Gasteiger partial charge is 0.406 e. The first-order valence-electron chi connectivity index (χ1n) is 9.60. The summed E-state index contributed by atoms with van der Waals surface area (Å²) in [5, 5.41) is 15.6. The van der Waals surface area contributed by atoms with Gasteiger partial charge < -0.3 is 20.5 Å². The maximum absolute atomic E-state index is 12.6. The first kappa shape index (κ1) is 22.4. The topological polar surface area (TPSA) is 79.3 Å². The predicted molar refractivity (Wildman–Crippen MR) is 114 cm³/mol. The number of aliphatic hydroxyl groups excluding tert-OH is 1. The third kappa shape index (κ3) is 6.32. The maximum atomic E-state index is 12.6. The van der Waals surface area contributed by atoms with Gasteiger partial charge in [-0.05, 0) is 50.1 Å². The average molecular weight is 432 g/mol. The molecule has 0 saturated heterocycles. The van der Waals surface area contributed by atoms with Crippen LogP contribution in [-0.4, -0.2) is 34.1 Å². The van der Waals surface area contributed by atoms with Crippen LogP contribution in [0.3, 0.4) is 0 Å². The van der Waals surface area contributed by atoms with E-state index in [-0.39, 0.29) is 24.3 Å². The van der Waals surface area contributed by atoms with Crippen molar-refractivity contribution in [1.29, 1.82) is 0 Å². The minimum absolute atomic E-state index is 0.137. The van der Waals surface area contributed by atoms with Gasteiger partial charge >= 0.3 is 6.36 Å². The Hall–Kier alpha value is -3.33. The van der Waals surface area contributed by atoms with Gasteiger partial charge in [-0.25, -0.2) is 4.98 Å². The summed E-state index contributed by atoms with van der Waals surface area (Å²) in [5.74, 6) is 0.341. The van der Waals surface area contributed by atoms with Gasteiger partial charge in [-0.3, -0.25) is 0 Å². The van der Waals surface area contributed by atoms with Crippen molar-refractivity contribution in [2.24, 2.45) is 0 Å². The van der Waals surface area contributed by atoms with Gasteiger partial charge in [0.25, 0.3) is 0 Å². The van der Waals surface area contributed by atoms with Crippen LogP contribution in [0.1, 0.15) is 18.1 Å². The quantitative estimate of drug-likeness (QED) is 0.477. The van der Waals surface area contributed by atoms with Crippen LogP contribution in [0.4, 0.5) is 30.6 Å². The summed E-state index contributed by atoms with van der Waals surface area (Å²) >= 11 is 0. The van der Waals surface area contributed by atoms with Crippen LogP contribution in [0.5, 0.6) is 5.75 Å². The van der Waals surface area contributed by atoms with Gasteiger partial charge in [-0.1, -0.05) is 24.3 Å². The third-order valence-corrected chi connectivity index (χ3v) is 4.39. The van der Waals surface area contributed by atoms with Crippen molar-refractivity contribution in [2.45, 2.75) is 33.2 Å². The van der Waals surface area contributed by atoms with E-state index in [2.05, 4.69) is 25.3 Å². The predicted octanol–water partition coefficient (Wildman–Crippen LogP) is 5.20. The number of nitrogens with zero attached hydrogens (tertiary/aromatic N) is 2. The molecule has 3 N–H and O–H groups in total. The zero-order chi connectivity index (χ0) is 22.6. The number of hydrogen-bond acceptors (Lipinski definition) is 6. The van der Waals surface area contributed by atoms with Crippen LogP contribution >= 0.6 is 0 Å². The maximum Gasteiger partial charge on any atom is 0.573 e. The molecule has 0 saturated carbocycles. The fourth-order valence-electron chi connectivity index (χ4n) is 2.85. The Kier molecular flexibility index (Phi) is 6.65. The van der Waals surface area contributed by atoms with E-state index in [4.69, 9.17) is 0 Å². The van der Waals surface area contributed by atoms with Crippen LogP contribution in [0.25, 0.3) is 11.3 Å². The Morgan fingerprint density at radius 1 is 1.06 bits per heavy atom. The van der Waals surface area contributed by atoms with Gasteiger partial charge in [0.2, 0.25) is 5.95 Å². The zero-order valence-corrected chi connectivity index (χ0v) is 17.3. The molecule has 6 nitrogen and oxygen atoms in total. The van der Waals surface area contributed by atoms with Gasteiger partial charge in [-0.2, -0.15) is 4.98 Å². The molecule has 2 aromatic carbocycles. The largest absolute Gasteiger partial charge is 0.573 e. The summed E-state index contributed by atoms with van der Waals surface area (Å²) in [7, 11) is 0. The molecule has 1 aromatic heterocycles. The number of halogens is 3. The molecule has 0 bridgehead atoms. The molecular weight excluding hydrogens is 409 g/mol. The molecule has 0 spiro atoms. The number of aromatic nitrogens is 2. The molecule has 0 aliphatic carbocycles. The summed E-state index contributed by atoms with van der Waals surface area (Å²) in [5.41, 5.74) is 3.73. The van der Waals surface area contributed by atoms with Gasteiger partial charge in [0.05, 0.1) is 12.3 Å². The van der Waals surface area contributed by atoms with E-state index < -0.39 is 6.36 Å². The molecule has 3 rings (SSSR count). The van der Waals surface area contributed by atoms with Gasteiger partial charge in [0.1, 0.15) is 11.6 Å². The highest BCUT2D eigenvalue weighted by Crippen LogP contribution is 2.30. The number of hydrogen-bond donors (Lipinski definition) is 3. The van der Waals surface area contributed by atoms with Gasteiger partial charge in [0, 0.05) is 23.4 Å². The standard InChI is InChI=1S/C22H23F3N4O2/c1-13-7-8-14(2)18(9-13)27-20-11-19(28-21(29-20)26-15(3)12-30)16-5-4-6-17(10-16)31-22(23,24)25/h4-11,15,30H,12H2,1-3H3,(H2,26,27,28,29)/t15-/m0/s1. The highest BCUT2D eigenvalue weighted by Gasteiger charge is 2.31. The molecule has 0 amide bonds. The lowest BCUT2D eigenvalue weighted by Gasteiger charge is -2.16. The second kappa shape index (κ2) is 9.22. The molecule has 0 unspecified atom stereocenters. The van der Waals surface area contributed by atoms with E-state index >= 15 is 0 Å². The zero-order valence-electron chi connectivity index (χ0n) is 17.3. The first-order valence-corrected chi connectivity index (χ1v) is 9.60. The molecule has 0 fully saturated rings. The van der Waals surface area contributed by atoms with Crippen molar-refractivity contribution in [3.63, 3.8) is 0 Å². The van der Waals surface area contributed by atoms with E-state index in [0.717, 1.165) is 16.8 Å². The summed E-state index contributed by atoms with van der Waals surface area (Å²) in [6.45, 7) is 5.54. The summed E-state index contributed by atoms with van der Waals surface area (Å²) in [6, 6.07) is 12.8. The summed E-state index contributed by atoms with van der Waals surface area (Å²) in [6.07, 6.45) is -4.79. The molecule has 1 atom stereocenters. The Morgan fingerprint density at radius 3 is 2.55 bits per heavy atom. The fraction of sp³-hybridized carbons (Fsp3) is 0.273. The average Bonchev–Trinajstić information content (AvgIpc) is 2.69. The van der Waals surface area contributed by atoms with E-state index in [0.29, 0.717) is 17.1 Å². The lowest BCUT2D eigenvalue weighted by molar-refractivity contribution is -0.274. The number of rotatable bonds is 7. The fourth-order valence-corrected chi connectivity index (χ4v) is 2.85. The van der Waals surface area contributed by atoms with Crippen LogP contribution in [0.15, 0.2) is 48.5 Å². The molecule has 0 aliphatic rings. The van der Waals surface area contributed by atoms with E-state index in [9.17, 15) is 18.3 Å². The number of nitrogens with one attached hydrogen (secondary N) is 2. The van der Waals surface area contributed by atoms with E-state index in [1.165, 1.54) is 18.2 Å². The minimum atomic E-state index is -4.79. The first-order chi connectivity index (χ1) is 14.6. The molecule has 9 heteroatoms. The number of aliphatic hydroxyl groups is 1. The number of alkyl halides is 3. The Morgan fingerprint density at radius 2 is 1.84 bits per heavy atom. The highest BCUT2D eigenvalue weighted by atomic mass is 19.4. The molecular formula is C22H23F3N4O2. The number of ether oxygens (including phenoxy) is 1. The van der Waals surface area contributed by atoms with Crippen LogP contribution < -0.4 is 15.4 Å². The van der Waals surface area contributed by atoms with Gasteiger partial charge in [-0.15, -0.1) is 13.2 Å². The monoisotopic (exact) mass is 432 g/mol. The van der Waals surface area contributed by atoms with Crippen molar-refractivity contribution in [1.82, 2.24) is 9.97 Å². The van der Waals surface area contributed by atoms with Crippen molar-refractivity contribution in [3.8, 4) is 17.0 Å². The minimum Gasteiger partial charge on any atom is -0.406 e. The third-order valence-electron chi connectivity index (χ3n) is 4.39. The van der Waals surface area contributed by atoms with Crippen LogP contribution in [-0.2, 0) is 0 Å². The Labute approximate surface area is 178 Å². The molecule has 0 radical (unpaired) electrons. The highest BCUT2D eigenvalue weighted by molar-refractivity contribution is 5.69. The molecule has 1 heterocycles. The second-order valence-electron chi connectivity index (χ2n) is 7.21. The van der Waals surface area contributed by atoms with Crippen molar-refractivity contribution < 1.29 is 23.0 Å². The number of anilines is 3. The summed E-state index contributed by atoms with van der Waals surface area (Å²) < 4.78 is 41.8. The van der Waals surface area contributed by atoms with E-state index in [1.54, 1.807) is 19.1 Å². The van der Waals surface area contributed by atoms with E-state index in [1.807, 2.05) is 32.0 Å². The molecule has 0 aliphatic heterocycles. The Balaban J connectivity index is 2.01.